The molecule has 3 rings (SSSR count). The number of hydrogen-bond acceptors (Lipinski definition) is 5. The van der Waals surface area contributed by atoms with Crippen LogP contribution in [0.15, 0.2) is 51.6 Å². The van der Waals surface area contributed by atoms with E-state index in [9.17, 15) is 5.11 Å². The zero-order valence-corrected chi connectivity index (χ0v) is 8.70. The number of rotatable bonds is 2. The minimum atomic E-state index is 0.153. The minimum absolute atomic E-state index is 0.153. The smallest absolute Gasteiger partial charge is 0.258 e. The van der Waals surface area contributed by atoms with Crippen LogP contribution in [0.25, 0.3) is 23.0 Å². The molecule has 5 heteroatoms. The maximum absolute atomic E-state index is 9.36. The summed E-state index contributed by atoms with van der Waals surface area (Å²) >= 11 is 0. The molecule has 3 aromatic rings. The van der Waals surface area contributed by atoms with E-state index in [1.54, 1.807) is 42.7 Å². The molecular formula is C12H8N2O3. The van der Waals surface area contributed by atoms with Gasteiger partial charge in [-0.1, -0.05) is 11.2 Å². The summed E-state index contributed by atoms with van der Waals surface area (Å²) in [5.41, 5.74) is 0.662. The normalized spacial score (nSPS) is 10.6. The van der Waals surface area contributed by atoms with E-state index >= 15 is 0 Å². The van der Waals surface area contributed by atoms with Crippen molar-refractivity contribution in [3.05, 3.63) is 42.7 Å². The first-order chi connectivity index (χ1) is 8.33. The lowest BCUT2D eigenvalue weighted by atomic mass is 10.2. The summed E-state index contributed by atoms with van der Waals surface area (Å²) in [6.45, 7) is 0. The molecule has 0 aliphatic carbocycles. The van der Waals surface area contributed by atoms with E-state index in [-0.39, 0.29) is 5.75 Å². The molecule has 17 heavy (non-hydrogen) atoms. The summed E-state index contributed by atoms with van der Waals surface area (Å²) in [5, 5.41) is 13.2. The lowest BCUT2D eigenvalue weighted by Gasteiger charge is -1.93. The van der Waals surface area contributed by atoms with Gasteiger partial charge < -0.3 is 14.0 Å². The van der Waals surface area contributed by atoms with Crippen molar-refractivity contribution in [3.8, 4) is 28.8 Å². The van der Waals surface area contributed by atoms with Gasteiger partial charge in [0.25, 0.3) is 5.89 Å². The van der Waals surface area contributed by atoms with Crippen LogP contribution in [-0.2, 0) is 0 Å². The molecule has 2 heterocycles. The number of hydrogen-bond donors (Lipinski definition) is 1. The van der Waals surface area contributed by atoms with Crippen LogP contribution in [0.3, 0.4) is 0 Å². The number of phenolic OH excluding ortho intramolecular Hbond substituents is 1. The van der Waals surface area contributed by atoms with Crippen LogP contribution < -0.4 is 0 Å². The van der Waals surface area contributed by atoms with Gasteiger partial charge in [-0.05, 0) is 30.3 Å². The Morgan fingerprint density at radius 3 is 2.82 bits per heavy atom. The quantitative estimate of drug-likeness (QED) is 0.730. The van der Waals surface area contributed by atoms with Crippen molar-refractivity contribution in [2.45, 2.75) is 0 Å². The Hall–Kier alpha value is -2.56. The molecular weight excluding hydrogens is 220 g/mol. The highest BCUT2D eigenvalue weighted by Gasteiger charge is 2.12. The van der Waals surface area contributed by atoms with Gasteiger partial charge in [0, 0.05) is 5.56 Å². The highest BCUT2D eigenvalue weighted by atomic mass is 16.5. The lowest BCUT2D eigenvalue weighted by Crippen LogP contribution is -1.78. The third kappa shape index (κ3) is 1.78. The van der Waals surface area contributed by atoms with Gasteiger partial charge in [0.1, 0.15) is 5.75 Å². The van der Waals surface area contributed by atoms with Crippen molar-refractivity contribution < 1.29 is 14.0 Å². The standard InChI is InChI=1S/C12H8N2O3/c15-9-4-1-3-8(7-9)12-13-11(14-17-12)10-5-2-6-16-10/h1-7,15H. The Balaban J connectivity index is 2.01. The van der Waals surface area contributed by atoms with E-state index in [4.69, 9.17) is 8.94 Å². The third-order valence-electron chi connectivity index (χ3n) is 2.26. The molecule has 1 aromatic carbocycles. The Kier molecular flexibility index (Phi) is 2.15. The number of furan rings is 1. The number of benzene rings is 1. The monoisotopic (exact) mass is 228 g/mol. The van der Waals surface area contributed by atoms with Gasteiger partial charge >= 0.3 is 0 Å². The highest BCUT2D eigenvalue weighted by molar-refractivity contribution is 5.58. The summed E-state index contributed by atoms with van der Waals surface area (Å²) in [6, 6.07) is 10.1. The molecule has 0 aliphatic rings. The van der Waals surface area contributed by atoms with Crippen LogP contribution in [-0.4, -0.2) is 15.2 Å². The average molecular weight is 228 g/mol. The molecule has 5 nitrogen and oxygen atoms in total. The zero-order chi connectivity index (χ0) is 11.7. The van der Waals surface area contributed by atoms with Gasteiger partial charge in [-0.2, -0.15) is 4.98 Å². The molecule has 0 saturated carbocycles. The molecule has 1 N–H and O–H groups in total. The maximum Gasteiger partial charge on any atom is 0.258 e. The SMILES string of the molecule is Oc1cccc(-c2nc(-c3ccco3)no2)c1. The molecule has 2 aromatic heterocycles. The van der Waals surface area contributed by atoms with E-state index in [0.717, 1.165) is 0 Å². The van der Waals surface area contributed by atoms with Crippen molar-refractivity contribution >= 4 is 0 Å². The number of phenols is 1. The number of aromatic nitrogens is 2. The molecule has 0 bridgehead atoms. The van der Waals surface area contributed by atoms with Gasteiger partial charge in [-0.15, -0.1) is 0 Å². The molecule has 0 saturated heterocycles. The first-order valence-electron chi connectivity index (χ1n) is 5.00. The van der Waals surface area contributed by atoms with Crippen LogP contribution in [0.1, 0.15) is 0 Å². The van der Waals surface area contributed by atoms with E-state index in [2.05, 4.69) is 10.1 Å². The van der Waals surface area contributed by atoms with Crippen LogP contribution >= 0.6 is 0 Å². The summed E-state index contributed by atoms with van der Waals surface area (Å²) in [4.78, 5) is 4.18. The fraction of sp³-hybridized carbons (Fsp3) is 0. The van der Waals surface area contributed by atoms with Crippen molar-refractivity contribution in [2.24, 2.45) is 0 Å². The highest BCUT2D eigenvalue weighted by Crippen LogP contribution is 2.24. The van der Waals surface area contributed by atoms with Crippen molar-refractivity contribution in [2.75, 3.05) is 0 Å². The third-order valence-corrected chi connectivity index (χ3v) is 2.26. The molecule has 0 spiro atoms. The Labute approximate surface area is 96.3 Å². The molecule has 0 radical (unpaired) electrons. The topological polar surface area (TPSA) is 72.3 Å². The lowest BCUT2D eigenvalue weighted by molar-refractivity contribution is 0.428. The predicted octanol–water partition coefficient (Wildman–Crippen LogP) is 2.70. The maximum atomic E-state index is 9.36. The van der Waals surface area contributed by atoms with Gasteiger partial charge in [0.05, 0.1) is 6.26 Å². The molecule has 84 valence electrons. The van der Waals surface area contributed by atoms with Crippen molar-refractivity contribution in [1.82, 2.24) is 10.1 Å². The van der Waals surface area contributed by atoms with Crippen LogP contribution in [0, 0.1) is 0 Å². The van der Waals surface area contributed by atoms with Gasteiger partial charge in [0.2, 0.25) is 5.82 Å². The largest absolute Gasteiger partial charge is 0.508 e. The summed E-state index contributed by atoms with van der Waals surface area (Å²) in [7, 11) is 0. The number of aromatic hydroxyl groups is 1. The minimum Gasteiger partial charge on any atom is -0.508 e. The van der Waals surface area contributed by atoms with E-state index in [1.165, 1.54) is 0 Å². The summed E-state index contributed by atoms with van der Waals surface area (Å²) < 4.78 is 10.3. The zero-order valence-electron chi connectivity index (χ0n) is 8.70. The molecule has 0 unspecified atom stereocenters. The Morgan fingerprint density at radius 1 is 1.12 bits per heavy atom. The molecule has 0 fully saturated rings. The van der Waals surface area contributed by atoms with Gasteiger partial charge in [-0.25, -0.2) is 0 Å². The predicted molar refractivity (Wildman–Crippen MR) is 59.1 cm³/mol. The molecule has 0 atom stereocenters. The fourth-order valence-electron chi connectivity index (χ4n) is 1.49. The number of nitrogens with zero attached hydrogens (tertiary/aromatic N) is 2. The second-order valence-electron chi connectivity index (χ2n) is 3.45. The second kappa shape index (κ2) is 3.79. The van der Waals surface area contributed by atoms with Crippen LogP contribution in [0.5, 0.6) is 5.75 Å². The second-order valence-corrected chi connectivity index (χ2v) is 3.45. The van der Waals surface area contributed by atoms with E-state index in [1.807, 2.05) is 0 Å². The van der Waals surface area contributed by atoms with Crippen molar-refractivity contribution in [1.29, 1.82) is 0 Å². The molecule has 0 aliphatic heterocycles. The van der Waals surface area contributed by atoms with Crippen molar-refractivity contribution in [3.63, 3.8) is 0 Å². The Bertz CT molecular complexity index is 629. The van der Waals surface area contributed by atoms with E-state index in [0.29, 0.717) is 23.0 Å². The fourth-order valence-corrected chi connectivity index (χ4v) is 1.49. The summed E-state index contributed by atoms with van der Waals surface area (Å²) in [6.07, 6.45) is 1.54. The Morgan fingerprint density at radius 2 is 2.06 bits per heavy atom. The van der Waals surface area contributed by atoms with Gasteiger partial charge in [-0.3, -0.25) is 0 Å². The first kappa shape index (κ1) is 9.65. The van der Waals surface area contributed by atoms with Crippen LogP contribution in [0.2, 0.25) is 0 Å². The van der Waals surface area contributed by atoms with E-state index < -0.39 is 0 Å². The first-order valence-corrected chi connectivity index (χ1v) is 5.00. The summed E-state index contributed by atoms with van der Waals surface area (Å²) in [5.74, 6) is 1.42. The van der Waals surface area contributed by atoms with Gasteiger partial charge in [0.15, 0.2) is 5.76 Å². The molecule has 0 amide bonds. The van der Waals surface area contributed by atoms with Crippen LogP contribution in [0.4, 0.5) is 0 Å². The average Bonchev–Trinajstić information content (AvgIpc) is 3.00.